The zero-order valence-corrected chi connectivity index (χ0v) is 10.3. The summed E-state index contributed by atoms with van der Waals surface area (Å²) in [6.07, 6.45) is 0.949. The summed E-state index contributed by atoms with van der Waals surface area (Å²) in [5, 5.41) is 11.3. The van der Waals surface area contributed by atoms with Crippen LogP contribution in [0, 0.1) is 11.3 Å². The molecule has 0 radical (unpaired) electrons. The number of hydrogen-bond donors (Lipinski definition) is 1. The van der Waals surface area contributed by atoms with Crippen LogP contribution >= 0.6 is 22.9 Å². The topological polar surface area (TPSA) is 54.4 Å². The SMILES string of the molecule is CCC1(C(=O)O)CC1C(=O)c1cc(Cl)cs1. The summed E-state index contributed by atoms with van der Waals surface area (Å²) in [7, 11) is 0. The van der Waals surface area contributed by atoms with Crippen molar-refractivity contribution < 1.29 is 14.7 Å². The molecule has 2 rings (SSSR count). The molecule has 1 saturated carbocycles. The van der Waals surface area contributed by atoms with Gasteiger partial charge in [0.25, 0.3) is 0 Å². The van der Waals surface area contributed by atoms with Gasteiger partial charge in [0.15, 0.2) is 5.78 Å². The lowest BCUT2D eigenvalue weighted by molar-refractivity contribution is -0.143. The average molecular weight is 259 g/mol. The minimum absolute atomic E-state index is 0.0823. The van der Waals surface area contributed by atoms with Gasteiger partial charge >= 0.3 is 5.97 Å². The lowest BCUT2D eigenvalue weighted by Gasteiger charge is -2.07. The van der Waals surface area contributed by atoms with Gasteiger partial charge in [0.05, 0.1) is 15.3 Å². The molecule has 2 unspecified atom stereocenters. The van der Waals surface area contributed by atoms with E-state index >= 15 is 0 Å². The van der Waals surface area contributed by atoms with Crippen molar-refractivity contribution in [3.05, 3.63) is 21.3 Å². The molecule has 1 heterocycles. The molecule has 3 nitrogen and oxygen atoms in total. The number of carbonyl (C=O) groups excluding carboxylic acids is 1. The Bertz CT molecular complexity index is 454. The first-order valence-corrected chi connectivity index (χ1v) is 6.28. The highest BCUT2D eigenvalue weighted by Crippen LogP contribution is 2.57. The van der Waals surface area contributed by atoms with Crippen LogP contribution in [0.2, 0.25) is 5.02 Å². The first-order chi connectivity index (χ1) is 7.51. The quantitative estimate of drug-likeness (QED) is 0.845. The van der Waals surface area contributed by atoms with Crippen molar-refractivity contribution in [1.29, 1.82) is 0 Å². The number of halogens is 1. The number of carboxylic acids is 1. The molecule has 1 aliphatic carbocycles. The van der Waals surface area contributed by atoms with Gasteiger partial charge in [-0.05, 0) is 18.9 Å². The van der Waals surface area contributed by atoms with E-state index in [0.29, 0.717) is 22.7 Å². The van der Waals surface area contributed by atoms with Crippen LogP contribution in [0.15, 0.2) is 11.4 Å². The highest BCUT2D eigenvalue weighted by Gasteiger charge is 2.62. The number of ketones is 1. The second-order valence-electron chi connectivity index (χ2n) is 4.06. The predicted octanol–water partition coefficient (Wildman–Crippen LogP) is 3.09. The highest BCUT2D eigenvalue weighted by molar-refractivity contribution is 7.12. The Labute approximate surface area is 102 Å². The number of rotatable bonds is 4. The fraction of sp³-hybridized carbons (Fsp3) is 0.455. The second-order valence-corrected chi connectivity index (χ2v) is 5.41. The normalized spacial score (nSPS) is 27.8. The molecular formula is C11H11ClO3S. The largest absolute Gasteiger partial charge is 0.481 e. The van der Waals surface area contributed by atoms with Crippen LogP contribution in [0.25, 0.3) is 0 Å². The van der Waals surface area contributed by atoms with E-state index in [9.17, 15) is 9.59 Å². The van der Waals surface area contributed by atoms with Gasteiger partial charge in [-0.3, -0.25) is 9.59 Å². The zero-order valence-electron chi connectivity index (χ0n) is 8.70. The monoisotopic (exact) mass is 258 g/mol. The zero-order chi connectivity index (χ0) is 11.9. The van der Waals surface area contributed by atoms with Crippen LogP contribution in [0.5, 0.6) is 0 Å². The van der Waals surface area contributed by atoms with Crippen LogP contribution in [-0.2, 0) is 4.79 Å². The molecule has 16 heavy (non-hydrogen) atoms. The van der Waals surface area contributed by atoms with Gasteiger partial charge in [0, 0.05) is 11.3 Å². The van der Waals surface area contributed by atoms with E-state index in [2.05, 4.69) is 0 Å². The molecule has 1 N–H and O–H groups in total. The van der Waals surface area contributed by atoms with Crippen molar-refractivity contribution in [2.24, 2.45) is 11.3 Å². The molecule has 2 atom stereocenters. The molecule has 0 aromatic carbocycles. The molecule has 0 aliphatic heterocycles. The standard InChI is InChI=1S/C11H11ClO3S/c1-2-11(10(14)15)4-7(11)9(13)8-3-6(12)5-16-8/h3,5,7H,2,4H2,1H3,(H,14,15). The molecule has 0 spiro atoms. The molecule has 1 aromatic heterocycles. The van der Waals surface area contributed by atoms with E-state index in [1.807, 2.05) is 6.92 Å². The van der Waals surface area contributed by atoms with Crippen molar-refractivity contribution in [1.82, 2.24) is 0 Å². The maximum absolute atomic E-state index is 12.0. The molecule has 86 valence electrons. The van der Waals surface area contributed by atoms with Gasteiger partial charge < -0.3 is 5.11 Å². The summed E-state index contributed by atoms with van der Waals surface area (Å²) in [6.45, 7) is 1.81. The molecule has 1 aliphatic rings. The third-order valence-corrected chi connectivity index (χ3v) is 4.55. The van der Waals surface area contributed by atoms with E-state index in [1.54, 1.807) is 11.4 Å². The van der Waals surface area contributed by atoms with Crippen molar-refractivity contribution in [3.8, 4) is 0 Å². The Hall–Kier alpha value is -0.870. The summed E-state index contributed by atoms with van der Waals surface area (Å²) in [5.74, 6) is -1.32. The van der Waals surface area contributed by atoms with Crippen LogP contribution < -0.4 is 0 Å². The van der Waals surface area contributed by atoms with Gasteiger partial charge in [-0.15, -0.1) is 11.3 Å². The van der Waals surface area contributed by atoms with Crippen LogP contribution in [0.1, 0.15) is 29.4 Å². The summed E-state index contributed by atoms with van der Waals surface area (Å²) >= 11 is 7.01. The summed E-state index contributed by atoms with van der Waals surface area (Å²) in [5.41, 5.74) is -0.826. The summed E-state index contributed by atoms with van der Waals surface area (Å²) in [6, 6.07) is 1.61. The van der Waals surface area contributed by atoms with Crippen molar-refractivity contribution in [3.63, 3.8) is 0 Å². The van der Waals surface area contributed by atoms with Crippen LogP contribution in [0.4, 0.5) is 0 Å². The van der Waals surface area contributed by atoms with Gasteiger partial charge in [0.1, 0.15) is 0 Å². The fourth-order valence-electron chi connectivity index (χ4n) is 2.04. The van der Waals surface area contributed by atoms with E-state index in [4.69, 9.17) is 16.7 Å². The third-order valence-electron chi connectivity index (χ3n) is 3.26. The predicted molar refractivity (Wildman–Crippen MR) is 62.1 cm³/mol. The number of hydrogen-bond acceptors (Lipinski definition) is 3. The second kappa shape index (κ2) is 3.86. The van der Waals surface area contributed by atoms with Crippen molar-refractivity contribution in [2.45, 2.75) is 19.8 Å². The molecular weight excluding hydrogens is 248 g/mol. The number of carboxylic acid groups (broad SMARTS) is 1. The molecule has 0 amide bonds. The van der Waals surface area contributed by atoms with Crippen molar-refractivity contribution >= 4 is 34.7 Å². The Morgan fingerprint density at radius 3 is 2.75 bits per heavy atom. The molecule has 0 bridgehead atoms. The van der Waals surface area contributed by atoms with E-state index in [-0.39, 0.29) is 11.7 Å². The lowest BCUT2D eigenvalue weighted by Crippen LogP contribution is -2.19. The van der Waals surface area contributed by atoms with Gasteiger partial charge in [-0.2, -0.15) is 0 Å². The maximum Gasteiger partial charge on any atom is 0.310 e. The molecule has 1 fully saturated rings. The Balaban J connectivity index is 2.18. The van der Waals surface area contributed by atoms with E-state index in [1.165, 1.54) is 11.3 Å². The average Bonchev–Trinajstić information content (AvgIpc) is 2.86. The van der Waals surface area contributed by atoms with Crippen molar-refractivity contribution in [2.75, 3.05) is 0 Å². The van der Waals surface area contributed by atoms with E-state index < -0.39 is 11.4 Å². The maximum atomic E-state index is 12.0. The third kappa shape index (κ3) is 1.66. The number of thiophene rings is 1. The van der Waals surface area contributed by atoms with Crippen LogP contribution in [0.3, 0.4) is 0 Å². The Morgan fingerprint density at radius 2 is 2.38 bits per heavy atom. The molecule has 1 aromatic rings. The fourth-order valence-corrected chi connectivity index (χ4v) is 3.11. The first-order valence-electron chi connectivity index (χ1n) is 5.03. The number of carbonyl (C=O) groups is 2. The van der Waals surface area contributed by atoms with Gasteiger partial charge in [0.2, 0.25) is 0 Å². The summed E-state index contributed by atoms with van der Waals surface area (Å²) in [4.78, 5) is 23.6. The number of aliphatic carboxylic acids is 1. The van der Waals surface area contributed by atoms with Gasteiger partial charge in [-0.25, -0.2) is 0 Å². The smallest absolute Gasteiger partial charge is 0.310 e. The van der Waals surface area contributed by atoms with E-state index in [0.717, 1.165) is 0 Å². The molecule has 0 saturated heterocycles. The van der Waals surface area contributed by atoms with Crippen LogP contribution in [-0.4, -0.2) is 16.9 Å². The lowest BCUT2D eigenvalue weighted by atomic mass is 9.98. The Kier molecular flexibility index (Phi) is 2.80. The van der Waals surface area contributed by atoms with Gasteiger partial charge in [-0.1, -0.05) is 18.5 Å². The first kappa shape index (κ1) is 11.6. The highest BCUT2D eigenvalue weighted by atomic mass is 35.5. The minimum atomic E-state index is -0.865. The molecule has 5 heteroatoms. The Morgan fingerprint density at radius 1 is 1.69 bits per heavy atom. The summed E-state index contributed by atoms with van der Waals surface area (Å²) < 4.78 is 0. The number of Topliss-reactive ketones (excluding diaryl/α,β-unsaturated/α-hetero) is 1. The minimum Gasteiger partial charge on any atom is -0.481 e.